The molecule has 306 valence electrons. The Balaban J connectivity index is 1.10. The van der Waals surface area contributed by atoms with Crippen LogP contribution < -0.4 is 4.90 Å². The largest absolute Gasteiger partial charge is 0.310 e. The van der Waals surface area contributed by atoms with Crippen LogP contribution >= 0.6 is 0 Å². The summed E-state index contributed by atoms with van der Waals surface area (Å²) in [4.78, 5) is 18.2. The number of para-hydroxylation sites is 3. The molecule has 0 bridgehead atoms. The molecule has 0 saturated heterocycles. The van der Waals surface area contributed by atoms with Crippen molar-refractivity contribution in [3.05, 3.63) is 252 Å². The third-order valence-corrected chi connectivity index (χ3v) is 14.1. The number of nitrogens with zero attached hydrogens (tertiary/aromatic N) is 4. The second-order valence-corrected chi connectivity index (χ2v) is 17.9. The molecule has 0 amide bonds. The van der Waals surface area contributed by atoms with Crippen molar-refractivity contribution >= 4 is 17.1 Å². The molecule has 0 fully saturated rings. The molecule has 4 heteroatoms. The van der Waals surface area contributed by atoms with E-state index in [4.69, 9.17) is 15.0 Å². The molecule has 1 spiro atoms. The first-order chi connectivity index (χ1) is 32.0. The molecule has 2 heterocycles. The number of rotatable bonds is 5. The number of benzene rings is 9. The summed E-state index contributed by atoms with van der Waals surface area (Å²) in [5.74, 6) is 1.92. The molecule has 0 unspecified atom stereocenters. The first kappa shape index (κ1) is 37.4. The zero-order chi connectivity index (χ0) is 43.3. The lowest BCUT2D eigenvalue weighted by Crippen LogP contribution is -2.36. The van der Waals surface area contributed by atoms with Crippen molar-refractivity contribution in [3.63, 3.8) is 0 Å². The average Bonchev–Trinajstić information content (AvgIpc) is 3.79. The van der Waals surface area contributed by atoms with Crippen molar-refractivity contribution < 1.29 is 0 Å². The molecule has 0 atom stereocenters. The lowest BCUT2D eigenvalue weighted by atomic mass is 9.64. The normalized spacial score (nSPS) is 14.2. The van der Waals surface area contributed by atoms with Crippen LogP contribution in [0.2, 0.25) is 0 Å². The van der Waals surface area contributed by atoms with E-state index in [0.29, 0.717) is 17.5 Å². The monoisotopic (exact) mass is 830 g/mol. The van der Waals surface area contributed by atoms with E-state index in [2.05, 4.69) is 201 Å². The molecule has 4 nitrogen and oxygen atoms in total. The quantitative estimate of drug-likeness (QED) is 0.173. The number of hydrogen-bond acceptors (Lipinski definition) is 4. The SMILES string of the molecule is CC1(C)c2ccccc2-c2ccc(-c3ccc4c(c3)-c3c(-c5nc(-c6ccccc6)nc(-c6ccccc6)n5)cccc3C43c4ccccc4N(c4ccccc4)c4ccccc43)cc21. The van der Waals surface area contributed by atoms with E-state index in [-0.39, 0.29) is 5.41 Å². The molecule has 13 rings (SSSR count). The average molecular weight is 831 g/mol. The van der Waals surface area contributed by atoms with E-state index < -0.39 is 5.41 Å². The summed E-state index contributed by atoms with van der Waals surface area (Å²) in [6.45, 7) is 4.71. The van der Waals surface area contributed by atoms with Gasteiger partial charge in [-0.25, -0.2) is 15.0 Å². The summed E-state index contributed by atoms with van der Waals surface area (Å²) < 4.78 is 0. The van der Waals surface area contributed by atoms with E-state index in [0.717, 1.165) is 39.3 Å². The van der Waals surface area contributed by atoms with Gasteiger partial charge in [0.05, 0.1) is 16.8 Å². The summed E-state index contributed by atoms with van der Waals surface area (Å²) in [6.07, 6.45) is 0. The van der Waals surface area contributed by atoms with Gasteiger partial charge in [0.1, 0.15) is 0 Å². The van der Waals surface area contributed by atoms with Crippen LogP contribution in [0.4, 0.5) is 17.1 Å². The Morgan fingerprint density at radius 2 is 0.815 bits per heavy atom. The highest BCUT2D eigenvalue weighted by Gasteiger charge is 2.52. The first-order valence-corrected chi connectivity index (χ1v) is 22.4. The first-order valence-electron chi connectivity index (χ1n) is 22.4. The molecule has 9 aromatic carbocycles. The van der Waals surface area contributed by atoms with Crippen LogP contribution in [0.3, 0.4) is 0 Å². The number of anilines is 3. The number of hydrogen-bond donors (Lipinski definition) is 0. The summed E-state index contributed by atoms with van der Waals surface area (Å²) >= 11 is 0. The van der Waals surface area contributed by atoms with Gasteiger partial charge in [-0.1, -0.05) is 196 Å². The molecular weight excluding hydrogens is 789 g/mol. The summed E-state index contributed by atoms with van der Waals surface area (Å²) in [7, 11) is 0. The van der Waals surface area contributed by atoms with Crippen molar-refractivity contribution in [2.45, 2.75) is 24.7 Å². The molecule has 2 aliphatic carbocycles. The van der Waals surface area contributed by atoms with E-state index in [9.17, 15) is 0 Å². The summed E-state index contributed by atoms with van der Waals surface area (Å²) in [5.41, 5.74) is 20.5. The van der Waals surface area contributed by atoms with Crippen molar-refractivity contribution in [2.75, 3.05) is 4.90 Å². The van der Waals surface area contributed by atoms with Gasteiger partial charge in [-0.3, -0.25) is 0 Å². The summed E-state index contributed by atoms with van der Waals surface area (Å²) in [6, 6.07) is 79.1. The van der Waals surface area contributed by atoms with E-state index in [1.165, 1.54) is 61.2 Å². The van der Waals surface area contributed by atoms with Crippen molar-refractivity contribution in [1.29, 1.82) is 0 Å². The third-order valence-electron chi connectivity index (χ3n) is 14.1. The molecule has 65 heavy (non-hydrogen) atoms. The minimum absolute atomic E-state index is 0.117. The van der Waals surface area contributed by atoms with Crippen LogP contribution in [0.25, 0.3) is 67.5 Å². The van der Waals surface area contributed by atoms with Gasteiger partial charge in [0.2, 0.25) is 0 Å². The maximum Gasteiger partial charge on any atom is 0.164 e. The molecule has 1 aliphatic heterocycles. The van der Waals surface area contributed by atoms with Gasteiger partial charge in [-0.15, -0.1) is 0 Å². The Labute approximate surface area is 379 Å². The van der Waals surface area contributed by atoms with Gasteiger partial charge in [0.25, 0.3) is 0 Å². The predicted octanol–water partition coefficient (Wildman–Crippen LogP) is 15.0. The zero-order valence-electron chi connectivity index (χ0n) is 36.1. The van der Waals surface area contributed by atoms with E-state index >= 15 is 0 Å². The van der Waals surface area contributed by atoms with Crippen molar-refractivity contribution in [3.8, 4) is 67.5 Å². The van der Waals surface area contributed by atoms with Crippen molar-refractivity contribution in [2.24, 2.45) is 0 Å². The van der Waals surface area contributed by atoms with Crippen LogP contribution in [0.5, 0.6) is 0 Å². The maximum atomic E-state index is 5.35. The predicted molar refractivity (Wildman–Crippen MR) is 265 cm³/mol. The smallest absolute Gasteiger partial charge is 0.164 e. The highest BCUT2D eigenvalue weighted by Crippen LogP contribution is 2.65. The minimum Gasteiger partial charge on any atom is -0.310 e. The fourth-order valence-electron chi connectivity index (χ4n) is 11.2. The van der Waals surface area contributed by atoms with Crippen LogP contribution in [-0.4, -0.2) is 15.0 Å². The highest BCUT2D eigenvalue weighted by molar-refractivity contribution is 6.01. The Morgan fingerprint density at radius 1 is 0.323 bits per heavy atom. The van der Waals surface area contributed by atoms with Crippen LogP contribution in [-0.2, 0) is 10.8 Å². The third kappa shape index (κ3) is 5.41. The Morgan fingerprint density at radius 3 is 1.48 bits per heavy atom. The Hall–Kier alpha value is -8.21. The molecule has 1 aromatic heterocycles. The lowest BCUT2D eigenvalue weighted by molar-refractivity contribution is 0.660. The molecular formula is C61H42N4. The summed E-state index contributed by atoms with van der Waals surface area (Å²) in [5, 5.41) is 0. The number of fused-ring (bicyclic) bond motifs is 12. The van der Waals surface area contributed by atoms with Crippen LogP contribution in [0.1, 0.15) is 47.2 Å². The topological polar surface area (TPSA) is 41.9 Å². The second kappa shape index (κ2) is 14.2. The van der Waals surface area contributed by atoms with Crippen LogP contribution in [0.15, 0.2) is 218 Å². The Bertz CT molecular complexity index is 3420. The lowest BCUT2D eigenvalue weighted by Gasteiger charge is -2.45. The fraction of sp³-hybridized carbons (Fsp3) is 0.0656. The minimum atomic E-state index is -0.656. The van der Waals surface area contributed by atoms with Gasteiger partial charge >= 0.3 is 0 Å². The molecule has 0 N–H and O–H groups in total. The second-order valence-electron chi connectivity index (χ2n) is 17.9. The highest BCUT2D eigenvalue weighted by atomic mass is 15.2. The molecule has 3 aliphatic rings. The van der Waals surface area contributed by atoms with Gasteiger partial charge < -0.3 is 4.90 Å². The van der Waals surface area contributed by atoms with Gasteiger partial charge in [-0.05, 0) is 103 Å². The van der Waals surface area contributed by atoms with Gasteiger partial charge in [0.15, 0.2) is 17.5 Å². The maximum absolute atomic E-state index is 5.35. The molecule has 0 saturated carbocycles. The van der Waals surface area contributed by atoms with Gasteiger partial charge in [-0.2, -0.15) is 0 Å². The molecule has 0 radical (unpaired) electrons. The van der Waals surface area contributed by atoms with Crippen LogP contribution in [0, 0.1) is 0 Å². The zero-order valence-corrected chi connectivity index (χ0v) is 36.1. The van der Waals surface area contributed by atoms with Crippen molar-refractivity contribution in [1.82, 2.24) is 15.0 Å². The van der Waals surface area contributed by atoms with Gasteiger partial charge in [0, 0.05) is 27.8 Å². The fourth-order valence-corrected chi connectivity index (χ4v) is 11.2. The number of aromatic nitrogens is 3. The molecule has 10 aromatic rings. The standard InChI is InChI=1S/C61H42N4/c1-60(2)48-27-13-12-25-44(48)45-35-33-42(38-53(45)60)41-34-36-49-47(37-41)56-46(59-63-57(39-19-6-3-7-20-39)62-58(64-59)40-21-8-4-9-22-40)26-18-30-52(56)61(49)50-28-14-16-31-54(50)65(43-23-10-5-11-24-43)55-32-17-15-29-51(55)61/h3-38H,1-2H3. The Kier molecular flexibility index (Phi) is 8.13. The van der Waals surface area contributed by atoms with E-state index in [1.807, 2.05) is 36.4 Å². The van der Waals surface area contributed by atoms with E-state index in [1.54, 1.807) is 0 Å².